The summed E-state index contributed by atoms with van der Waals surface area (Å²) in [5.41, 5.74) is 2.44. The molecule has 3 rings (SSSR count). The van der Waals surface area contributed by atoms with Crippen molar-refractivity contribution >= 4 is 22.9 Å². The molecule has 1 aromatic heterocycles. The van der Waals surface area contributed by atoms with Gasteiger partial charge in [-0.2, -0.15) is 11.3 Å². The van der Waals surface area contributed by atoms with Crippen LogP contribution in [0.2, 0.25) is 5.02 Å². The zero-order chi connectivity index (χ0) is 13.1. The predicted molar refractivity (Wildman–Crippen MR) is 81.3 cm³/mol. The lowest BCUT2D eigenvalue weighted by atomic mass is 10.1. The highest BCUT2D eigenvalue weighted by Crippen LogP contribution is 2.27. The zero-order valence-electron chi connectivity index (χ0n) is 10.0. The van der Waals surface area contributed by atoms with Gasteiger partial charge in [-0.05, 0) is 64.4 Å². The van der Waals surface area contributed by atoms with Crippen molar-refractivity contribution in [3.8, 4) is 22.6 Å². The van der Waals surface area contributed by atoms with Gasteiger partial charge in [0.25, 0.3) is 0 Å². The minimum absolute atomic E-state index is 0.708. The molecule has 0 saturated carbocycles. The van der Waals surface area contributed by atoms with Crippen LogP contribution in [-0.2, 0) is 0 Å². The molecule has 94 valence electrons. The van der Waals surface area contributed by atoms with E-state index in [0.717, 1.165) is 11.5 Å². The number of hydrogen-bond donors (Lipinski definition) is 0. The number of benzene rings is 2. The Balaban J connectivity index is 1.77. The molecule has 0 aliphatic carbocycles. The van der Waals surface area contributed by atoms with Crippen molar-refractivity contribution in [2.75, 3.05) is 0 Å². The van der Waals surface area contributed by atoms with Crippen molar-refractivity contribution in [1.82, 2.24) is 0 Å². The van der Waals surface area contributed by atoms with E-state index in [4.69, 9.17) is 16.3 Å². The minimum atomic E-state index is 0.708. The highest BCUT2D eigenvalue weighted by atomic mass is 35.5. The molecule has 0 unspecified atom stereocenters. The second kappa shape index (κ2) is 5.47. The highest BCUT2D eigenvalue weighted by Gasteiger charge is 2.00. The molecule has 0 aliphatic heterocycles. The standard InChI is InChI=1S/C16H11ClOS/c17-14-3-7-16(8-4-14)18-15-5-1-12(2-6-15)13-9-10-19-11-13/h1-11H. The maximum atomic E-state index is 5.84. The van der Waals surface area contributed by atoms with Crippen LogP contribution in [0.15, 0.2) is 65.4 Å². The summed E-state index contributed by atoms with van der Waals surface area (Å²) >= 11 is 7.54. The van der Waals surface area contributed by atoms with Gasteiger partial charge in [-0.25, -0.2) is 0 Å². The van der Waals surface area contributed by atoms with Gasteiger partial charge in [0.1, 0.15) is 11.5 Å². The summed E-state index contributed by atoms with van der Waals surface area (Å²) < 4.78 is 5.75. The van der Waals surface area contributed by atoms with Gasteiger partial charge in [-0.1, -0.05) is 23.7 Å². The van der Waals surface area contributed by atoms with Crippen molar-refractivity contribution in [3.63, 3.8) is 0 Å². The topological polar surface area (TPSA) is 9.23 Å². The summed E-state index contributed by atoms with van der Waals surface area (Å²) in [6.45, 7) is 0. The third kappa shape index (κ3) is 2.98. The van der Waals surface area contributed by atoms with Crippen LogP contribution in [0.3, 0.4) is 0 Å². The lowest BCUT2D eigenvalue weighted by Gasteiger charge is -2.06. The van der Waals surface area contributed by atoms with Crippen molar-refractivity contribution in [2.24, 2.45) is 0 Å². The van der Waals surface area contributed by atoms with Crippen molar-refractivity contribution in [2.45, 2.75) is 0 Å². The molecule has 0 radical (unpaired) electrons. The smallest absolute Gasteiger partial charge is 0.127 e. The largest absolute Gasteiger partial charge is 0.457 e. The molecule has 2 aromatic carbocycles. The Kier molecular flexibility index (Phi) is 3.53. The van der Waals surface area contributed by atoms with Gasteiger partial charge in [0.15, 0.2) is 0 Å². The summed E-state index contributed by atoms with van der Waals surface area (Å²) in [4.78, 5) is 0. The van der Waals surface area contributed by atoms with Gasteiger partial charge < -0.3 is 4.74 Å². The van der Waals surface area contributed by atoms with E-state index in [2.05, 4.69) is 29.0 Å². The molecule has 3 heteroatoms. The Hall–Kier alpha value is -1.77. The number of rotatable bonds is 3. The highest BCUT2D eigenvalue weighted by molar-refractivity contribution is 7.08. The van der Waals surface area contributed by atoms with Crippen molar-refractivity contribution in [1.29, 1.82) is 0 Å². The molecule has 0 N–H and O–H groups in total. The summed E-state index contributed by atoms with van der Waals surface area (Å²) in [6.07, 6.45) is 0. The van der Waals surface area contributed by atoms with Crippen LogP contribution >= 0.6 is 22.9 Å². The molecule has 0 atom stereocenters. The molecule has 0 spiro atoms. The number of halogens is 1. The summed E-state index contributed by atoms with van der Waals surface area (Å²) in [6, 6.07) is 17.5. The Bertz CT molecular complexity index is 642. The Labute approximate surface area is 121 Å². The molecule has 1 heterocycles. The maximum Gasteiger partial charge on any atom is 0.127 e. The van der Waals surface area contributed by atoms with Crippen LogP contribution in [0.4, 0.5) is 0 Å². The average molecular weight is 287 g/mol. The first-order valence-corrected chi connectivity index (χ1v) is 7.19. The number of ether oxygens (including phenoxy) is 1. The molecular weight excluding hydrogens is 276 g/mol. The van der Waals surface area contributed by atoms with E-state index in [-0.39, 0.29) is 0 Å². The monoisotopic (exact) mass is 286 g/mol. The predicted octanol–water partition coefficient (Wildman–Crippen LogP) is 5.86. The van der Waals surface area contributed by atoms with Crippen LogP contribution in [0.1, 0.15) is 0 Å². The zero-order valence-corrected chi connectivity index (χ0v) is 11.6. The molecule has 0 amide bonds. The molecular formula is C16H11ClOS. The van der Waals surface area contributed by atoms with Gasteiger partial charge in [0.2, 0.25) is 0 Å². The first-order chi connectivity index (χ1) is 9.31. The normalized spacial score (nSPS) is 10.4. The van der Waals surface area contributed by atoms with Crippen LogP contribution in [0.5, 0.6) is 11.5 Å². The second-order valence-corrected chi connectivity index (χ2v) is 5.31. The Morgan fingerprint density at radius 2 is 1.37 bits per heavy atom. The van der Waals surface area contributed by atoms with E-state index in [0.29, 0.717) is 5.02 Å². The first kappa shape index (κ1) is 12.3. The van der Waals surface area contributed by atoms with E-state index in [1.54, 1.807) is 11.3 Å². The van der Waals surface area contributed by atoms with Crippen LogP contribution in [0, 0.1) is 0 Å². The minimum Gasteiger partial charge on any atom is -0.457 e. The van der Waals surface area contributed by atoms with Crippen molar-refractivity contribution in [3.05, 3.63) is 70.4 Å². The van der Waals surface area contributed by atoms with E-state index in [1.165, 1.54) is 11.1 Å². The van der Waals surface area contributed by atoms with Gasteiger partial charge >= 0.3 is 0 Å². The lowest BCUT2D eigenvalue weighted by Crippen LogP contribution is -1.83. The van der Waals surface area contributed by atoms with E-state index >= 15 is 0 Å². The van der Waals surface area contributed by atoms with Gasteiger partial charge in [-0.3, -0.25) is 0 Å². The van der Waals surface area contributed by atoms with Gasteiger partial charge in [0, 0.05) is 5.02 Å². The van der Waals surface area contributed by atoms with Gasteiger partial charge in [0.05, 0.1) is 0 Å². The fourth-order valence-electron chi connectivity index (χ4n) is 1.78. The SMILES string of the molecule is Clc1ccc(Oc2ccc(-c3ccsc3)cc2)cc1. The molecule has 19 heavy (non-hydrogen) atoms. The van der Waals surface area contributed by atoms with E-state index in [9.17, 15) is 0 Å². The molecule has 3 aromatic rings. The molecule has 0 aliphatic rings. The second-order valence-electron chi connectivity index (χ2n) is 4.09. The fourth-order valence-corrected chi connectivity index (χ4v) is 2.57. The third-order valence-electron chi connectivity index (χ3n) is 2.76. The summed E-state index contributed by atoms with van der Waals surface area (Å²) in [5.74, 6) is 1.61. The first-order valence-electron chi connectivity index (χ1n) is 5.87. The fraction of sp³-hybridized carbons (Fsp3) is 0. The van der Waals surface area contributed by atoms with Crippen LogP contribution in [0.25, 0.3) is 11.1 Å². The number of thiophene rings is 1. The lowest BCUT2D eigenvalue weighted by molar-refractivity contribution is 0.483. The Morgan fingerprint density at radius 1 is 0.737 bits per heavy atom. The quantitative estimate of drug-likeness (QED) is 0.586. The maximum absolute atomic E-state index is 5.84. The van der Waals surface area contributed by atoms with Crippen LogP contribution in [-0.4, -0.2) is 0 Å². The Morgan fingerprint density at radius 3 is 1.95 bits per heavy atom. The van der Waals surface area contributed by atoms with Gasteiger partial charge in [-0.15, -0.1) is 0 Å². The van der Waals surface area contributed by atoms with Crippen LogP contribution < -0.4 is 4.74 Å². The average Bonchev–Trinajstić information content (AvgIpc) is 2.96. The van der Waals surface area contributed by atoms with E-state index < -0.39 is 0 Å². The van der Waals surface area contributed by atoms with E-state index in [1.807, 2.05) is 36.4 Å². The molecule has 1 nitrogen and oxygen atoms in total. The molecule has 0 saturated heterocycles. The van der Waals surface area contributed by atoms with Crippen molar-refractivity contribution < 1.29 is 4.74 Å². The summed E-state index contributed by atoms with van der Waals surface area (Å²) in [7, 11) is 0. The third-order valence-corrected chi connectivity index (χ3v) is 3.69. The molecule has 0 fully saturated rings. The summed E-state index contributed by atoms with van der Waals surface area (Å²) in [5, 5.41) is 4.92. The molecule has 0 bridgehead atoms. The number of hydrogen-bond acceptors (Lipinski definition) is 2.